The fourth-order valence-corrected chi connectivity index (χ4v) is 3.85. The third-order valence-electron chi connectivity index (χ3n) is 3.65. The van der Waals surface area contributed by atoms with E-state index < -0.39 is 20.9 Å². The van der Waals surface area contributed by atoms with Crippen molar-refractivity contribution in [1.29, 1.82) is 0 Å². The largest absolute Gasteiger partial charge is 0.444 e. The van der Waals surface area contributed by atoms with Crippen LogP contribution in [0.3, 0.4) is 0 Å². The molecule has 0 aliphatic carbocycles. The van der Waals surface area contributed by atoms with Crippen LogP contribution in [0.25, 0.3) is 11.3 Å². The highest BCUT2D eigenvalue weighted by atomic mass is 32.2. The van der Waals surface area contributed by atoms with Gasteiger partial charge in [-0.15, -0.1) is 0 Å². The minimum Gasteiger partial charge on any atom is -0.444 e. The molecule has 0 radical (unpaired) electrons. The third kappa shape index (κ3) is 3.23. The number of hydrogen-bond acceptors (Lipinski definition) is 4. The number of benzene rings is 2. The van der Waals surface area contributed by atoms with Gasteiger partial charge in [-0.1, -0.05) is 42.5 Å². The lowest BCUT2D eigenvalue weighted by atomic mass is 10.0. The summed E-state index contributed by atoms with van der Waals surface area (Å²) in [6, 6.07) is 14.6. The minimum absolute atomic E-state index is 0.243. The molecule has 3 aromatic rings. The summed E-state index contributed by atoms with van der Waals surface area (Å²) in [5, 5.41) is -1.05. The van der Waals surface area contributed by atoms with Gasteiger partial charge in [0, 0.05) is 18.7 Å². The first-order valence-corrected chi connectivity index (χ1v) is 9.29. The maximum absolute atomic E-state index is 13.2. The molecule has 1 heterocycles. The molecule has 0 aliphatic heterocycles. The average molecular weight is 345 g/mol. The molecule has 0 spiro atoms. The lowest BCUT2D eigenvalue weighted by Gasteiger charge is -2.14. The van der Waals surface area contributed by atoms with Gasteiger partial charge >= 0.3 is 0 Å². The first-order valence-electron chi connectivity index (χ1n) is 7.33. The Bertz CT molecular complexity index is 948. The summed E-state index contributed by atoms with van der Waals surface area (Å²) in [4.78, 5) is 4.35. The molecule has 0 saturated carbocycles. The highest BCUT2D eigenvalue weighted by Gasteiger charge is 2.32. The molecule has 124 valence electrons. The Hall–Kier alpha value is -2.47. The van der Waals surface area contributed by atoms with Crippen molar-refractivity contribution >= 4 is 9.84 Å². The quantitative estimate of drug-likeness (QED) is 0.719. The number of oxazole rings is 1. The van der Waals surface area contributed by atoms with Crippen LogP contribution in [0.5, 0.6) is 0 Å². The monoisotopic (exact) mass is 345 g/mol. The summed E-state index contributed by atoms with van der Waals surface area (Å²) in [6.45, 7) is 1.67. The van der Waals surface area contributed by atoms with Crippen molar-refractivity contribution in [3.63, 3.8) is 0 Å². The van der Waals surface area contributed by atoms with Crippen molar-refractivity contribution in [1.82, 2.24) is 4.98 Å². The standard InChI is InChI=1S/C18H16FNO3S/c1-12-20-16(13-6-4-3-5-7-13)17(23-12)18(24(2,21)22)14-8-10-15(19)11-9-14/h3-11,18H,1-2H3. The maximum atomic E-state index is 13.2. The molecule has 3 rings (SSSR count). The number of hydrogen-bond donors (Lipinski definition) is 0. The van der Waals surface area contributed by atoms with E-state index in [0.717, 1.165) is 11.8 Å². The maximum Gasteiger partial charge on any atom is 0.191 e. The molecule has 1 aromatic heterocycles. The van der Waals surface area contributed by atoms with Crippen LogP contribution in [0.1, 0.15) is 22.5 Å². The van der Waals surface area contributed by atoms with E-state index >= 15 is 0 Å². The number of aryl methyl sites for hydroxylation is 1. The normalized spacial score (nSPS) is 13.0. The zero-order valence-corrected chi connectivity index (χ0v) is 14.0. The minimum atomic E-state index is -3.56. The molecule has 0 saturated heterocycles. The molecule has 4 nitrogen and oxygen atoms in total. The summed E-state index contributed by atoms with van der Waals surface area (Å²) in [6.07, 6.45) is 1.13. The van der Waals surface area contributed by atoms with Gasteiger partial charge in [0.15, 0.2) is 21.5 Å². The van der Waals surface area contributed by atoms with E-state index in [1.807, 2.05) is 30.3 Å². The summed E-state index contributed by atoms with van der Waals surface area (Å²) in [5.74, 6) is 0.190. The zero-order valence-electron chi connectivity index (χ0n) is 13.2. The molecule has 0 aliphatic rings. The van der Waals surface area contributed by atoms with Gasteiger partial charge in [-0.05, 0) is 17.7 Å². The SMILES string of the molecule is Cc1nc(-c2ccccc2)c(C(c2ccc(F)cc2)S(C)(=O)=O)o1. The van der Waals surface area contributed by atoms with Gasteiger partial charge in [-0.3, -0.25) is 0 Å². The molecule has 2 aromatic carbocycles. The molecule has 6 heteroatoms. The highest BCUT2D eigenvalue weighted by molar-refractivity contribution is 7.91. The highest BCUT2D eigenvalue weighted by Crippen LogP contribution is 2.37. The number of nitrogens with zero attached hydrogens (tertiary/aromatic N) is 1. The van der Waals surface area contributed by atoms with Crippen LogP contribution in [0.2, 0.25) is 0 Å². The number of aromatic nitrogens is 1. The van der Waals surface area contributed by atoms with E-state index in [4.69, 9.17) is 4.42 Å². The Morgan fingerprint density at radius 3 is 2.25 bits per heavy atom. The average Bonchev–Trinajstić information content (AvgIpc) is 2.90. The van der Waals surface area contributed by atoms with E-state index in [1.165, 1.54) is 24.3 Å². The Balaban J connectivity index is 2.22. The van der Waals surface area contributed by atoms with Gasteiger partial charge in [0.1, 0.15) is 16.8 Å². The Kier molecular flexibility index (Phi) is 4.24. The van der Waals surface area contributed by atoms with Crippen LogP contribution in [-0.2, 0) is 9.84 Å². The molecule has 0 N–H and O–H groups in total. The summed E-state index contributed by atoms with van der Waals surface area (Å²) >= 11 is 0. The second kappa shape index (κ2) is 6.20. The van der Waals surface area contributed by atoms with Gasteiger partial charge in [0.2, 0.25) is 0 Å². The van der Waals surface area contributed by atoms with Crippen molar-refractivity contribution < 1.29 is 17.2 Å². The number of rotatable bonds is 4. The number of sulfone groups is 1. The van der Waals surface area contributed by atoms with Gasteiger partial charge in [0.05, 0.1) is 0 Å². The summed E-state index contributed by atoms with van der Waals surface area (Å²) in [7, 11) is -3.56. The van der Waals surface area contributed by atoms with E-state index in [2.05, 4.69) is 4.98 Å². The van der Waals surface area contributed by atoms with Gasteiger partial charge < -0.3 is 4.42 Å². The van der Waals surface area contributed by atoms with Crippen LogP contribution in [0, 0.1) is 12.7 Å². The molecule has 0 fully saturated rings. The van der Waals surface area contributed by atoms with Gasteiger partial charge in [0.25, 0.3) is 0 Å². The topological polar surface area (TPSA) is 60.2 Å². The van der Waals surface area contributed by atoms with Crippen molar-refractivity contribution in [2.24, 2.45) is 0 Å². The lowest BCUT2D eigenvalue weighted by molar-refractivity contribution is 0.475. The zero-order chi connectivity index (χ0) is 17.3. The third-order valence-corrected chi connectivity index (χ3v) is 4.99. The predicted octanol–water partition coefficient (Wildman–Crippen LogP) is 3.92. The molecule has 0 bridgehead atoms. The van der Waals surface area contributed by atoms with Crippen molar-refractivity contribution in [2.75, 3.05) is 6.26 Å². The smallest absolute Gasteiger partial charge is 0.191 e. The van der Waals surface area contributed by atoms with E-state index in [-0.39, 0.29) is 5.76 Å². The Labute approximate surface area is 139 Å². The Morgan fingerprint density at radius 1 is 1.04 bits per heavy atom. The van der Waals surface area contributed by atoms with Gasteiger partial charge in [-0.2, -0.15) is 0 Å². The molecule has 0 amide bonds. The van der Waals surface area contributed by atoms with Crippen LogP contribution in [0.4, 0.5) is 4.39 Å². The second-order valence-electron chi connectivity index (χ2n) is 5.57. The van der Waals surface area contributed by atoms with Crippen LogP contribution in [-0.4, -0.2) is 19.7 Å². The molecular formula is C18H16FNO3S. The fourth-order valence-electron chi connectivity index (χ4n) is 2.65. The van der Waals surface area contributed by atoms with Crippen LogP contribution >= 0.6 is 0 Å². The van der Waals surface area contributed by atoms with Crippen molar-refractivity contribution in [3.8, 4) is 11.3 Å². The van der Waals surface area contributed by atoms with Crippen molar-refractivity contribution in [3.05, 3.63) is 77.6 Å². The van der Waals surface area contributed by atoms with E-state index in [1.54, 1.807) is 6.92 Å². The molecule has 24 heavy (non-hydrogen) atoms. The fraction of sp³-hybridized carbons (Fsp3) is 0.167. The first-order chi connectivity index (χ1) is 11.4. The van der Waals surface area contributed by atoms with Crippen LogP contribution < -0.4 is 0 Å². The Morgan fingerprint density at radius 2 is 1.67 bits per heavy atom. The number of halogens is 1. The van der Waals surface area contributed by atoms with Gasteiger partial charge in [-0.25, -0.2) is 17.8 Å². The van der Waals surface area contributed by atoms with E-state index in [0.29, 0.717) is 17.1 Å². The second-order valence-corrected chi connectivity index (χ2v) is 7.70. The summed E-state index contributed by atoms with van der Waals surface area (Å²) in [5.41, 5.74) is 1.68. The molecule has 1 atom stereocenters. The summed E-state index contributed by atoms with van der Waals surface area (Å²) < 4.78 is 43.7. The van der Waals surface area contributed by atoms with Crippen molar-refractivity contribution in [2.45, 2.75) is 12.2 Å². The lowest BCUT2D eigenvalue weighted by Crippen LogP contribution is -2.13. The predicted molar refractivity (Wildman–Crippen MR) is 89.8 cm³/mol. The molecule has 1 unspecified atom stereocenters. The first kappa shape index (κ1) is 16.4. The molecular weight excluding hydrogens is 329 g/mol. The van der Waals surface area contributed by atoms with E-state index in [9.17, 15) is 12.8 Å². The van der Waals surface area contributed by atoms with Crippen LogP contribution in [0.15, 0.2) is 59.0 Å².